The lowest BCUT2D eigenvalue weighted by molar-refractivity contribution is -0.117. The molecule has 1 aliphatic rings. The first-order valence-electron chi connectivity index (χ1n) is 9.70. The molecule has 10 heteroatoms. The summed E-state index contributed by atoms with van der Waals surface area (Å²) < 4.78 is 32.0. The van der Waals surface area contributed by atoms with E-state index in [1.807, 2.05) is 0 Å². The van der Waals surface area contributed by atoms with E-state index in [9.17, 15) is 18.4 Å². The first-order chi connectivity index (χ1) is 14.6. The zero-order valence-corrected chi connectivity index (χ0v) is 17.2. The average molecular weight is 431 g/mol. The highest BCUT2D eigenvalue weighted by Crippen LogP contribution is 2.29. The number of rotatable bonds is 9. The molecule has 2 aromatic heterocycles. The zero-order chi connectivity index (χ0) is 22.6. The van der Waals surface area contributed by atoms with Gasteiger partial charge in [0.25, 0.3) is 5.91 Å². The number of ether oxygens (including phenoxy) is 1. The van der Waals surface area contributed by atoms with Gasteiger partial charge in [0.05, 0.1) is 0 Å². The maximum atomic E-state index is 13.5. The zero-order valence-electron chi connectivity index (χ0n) is 17.2. The molecule has 0 unspecified atom stereocenters. The highest BCUT2D eigenvalue weighted by atomic mass is 19.3. The SMILES string of the molecule is C=C(C)C(F)(F)COc1ccc(CNC(=O)c2cc(C)nc(NC(=O)C3CC3)n2)cn1. The van der Waals surface area contributed by atoms with Gasteiger partial charge >= 0.3 is 5.92 Å². The first-order valence-corrected chi connectivity index (χ1v) is 9.70. The maximum Gasteiger partial charge on any atom is 0.302 e. The summed E-state index contributed by atoms with van der Waals surface area (Å²) in [4.78, 5) is 36.5. The van der Waals surface area contributed by atoms with Crippen LogP contribution in [-0.4, -0.2) is 39.3 Å². The molecule has 2 N–H and O–H groups in total. The third-order valence-electron chi connectivity index (χ3n) is 4.55. The van der Waals surface area contributed by atoms with Gasteiger partial charge < -0.3 is 10.1 Å². The first kappa shape index (κ1) is 22.3. The van der Waals surface area contributed by atoms with Crippen molar-refractivity contribution in [1.29, 1.82) is 0 Å². The van der Waals surface area contributed by atoms with Crippen molar-refractivity contribution < 1.29 is 23.1 Å². The molecule has 1 saturated carbocycles. The maximum absolute atomic E-state index is 13.5. The van der Waals surface area contributed by atoms with E-state index < -0.39 is 18.4 Å². The molecule has 164 valence electrons. The quantitative estimate of drug-likeness (QED) is 0.591. The van der Waals surface area contributed by atoms with Crippen LogP contribution in [0.5, 0.6) is 5.88 Å². The van der Waals surface area contributed by atoms with Crippen molar-refractivity contribution in [2.45, 2.75) is 39.2 Å². The fourth-order valence-electron chi connectivity index (χ4n) is 2.46. The number of nitrogens with one attached hydrogen (secondary N) is 2. The van der Waals surface area contributed by atoms with Gasteiger partial charge in [-0.2, -0.15) is 8.78 Å². The number of anilines is 1. The molecular weight excluding hydrogens is 408 g/mol. The summed E-state index contributed by atoms with van der Waals surface area (Å²) in [6.07, 6.45) is 3.11. The van der Waals surface area contributed by atoms with Gasteiger partial charge in [0.2, 0.25) is 17.7 Å². The van der Waals surface area contributed by atoms with Crippen molar-refractivity contribution in [1.82, 2.24) is 20.3 Å². The molecule has 0 aromatic carbocycles. The molecule has 0 bridgehead atoms. The molecule has 0 saturated heterocycles. The van der Waals surface area contributed by atoms with Crippen LogP contribution in [0.25, 0.3) is 0 Å². The van der Waals surface area contributed by atoms with Gasteiger partial charge in [0.15, 0.2) is 6.61 Å². The van der Waals surface area contributed by atoms with E-state index in [0.29, 0.717) is 11.3 Å². The van der Waals surface area contributed by atoms with Crippen LogP contribution in [0.3, 0.4) is 0 Å². The summed E-state index contributed by atoms with van der Waals surface area (Å²) in [5.41, 5.74) is 1.01. The number of hydrogen-bond donors (Lipinski definition) is 2. The highest BCUT2D eigenvalue weighted by molar-refractivity contribution is 5.95. The summed E-state index contributed by atoms with van der Waals surface area (Å²) in [6, 6.07) is 4.56. The lowest BCUT2D eigenvalue weighted by Gasteiger charge is -2.16. The molecule has 0 radical (unpaired) electrons. The minimum absolute atomic E-state index is 0.00661. The molecule has 0 aliphatic heterocycles. The van der Waals surface area contributed by atoms with Crippen molar-refractivity contribution in [2.24, 2.45) is 5.92 Å². The molecule has 2 amide bonds. The minimum atomic E-state index is -3.14. The number of nitrogens with zero attached hydrogens (tertiary/aromatic N) is 3. The topological polar surface area (TPSA) is 106 Å². The van der Waals surface area contributed by atoms with E-state index in [4.69, 9.17) is 4.74 Å². The van der Waals surface area contributed by atoms with Crippen molar-refractivity contribution in [3.8, 4) is 5.88 Å². The summed E-state index contributed by atoms with van der Waals surface area (Å²) in [5, 5.41) is 5.32. The predicted octanol–water partition coefficient (Wildman–Crippen LogP) is 3.05. The van der Waals surface area contributed by atoms with Crippen LogP contribution < -0.4 is 15.4 Å². The summed E-state index contributed by atoms with van der Waals surface area (Å²) in [7, 11) is 0. The Morgan fingerprint density at radius 3 is 2.65 bits per heavy atom. The Morgan fingerprint density at radius 1 is 1.29 bits per heavy atom. The van der Waals surface area contributed by atoms with Crippen LogP contribution in [0.4, 0.5) is 14.7 Å². The minimum Gasteiger partial charge on any atom is -0.471 e. The molecule has 1 fully saturated rings. The molecule has 0 spiro atoms. The molecule has 0 atom stereocenters. The summed E-state index contributed by atoms with van der Waals surface area (Å²) >= 11 is 0. The van der Waals surface area contributed by atoms with E-state index in [0.717, 1.165) is 12.8 Å². The fourth-order valence-corrected chi connectivity index (χ4v) is 2.46. The van der Waals surface area contributed by atoms with Gasteiger partial charge in [-0.15, -0.1) is 0 Å². The fraction of sp³-hybridized carbons (Fsp3) is 0.381. The number of aromatic nitrogens is 3. The number of amides is 2. The number of pyridine rings is 1. The van der Waals surface area contributed by atoms with Crippen molar-refractivity contribution in [3.05, 3.63) is 53.5 Å². The normalized spacial score (nSPS) is 13.4. The molecule has 8 nitrogen and oxygen atoms in total. The van der Waals surface area contributed by atoms with Crippen LogP contribution in [0, 0.1) is 12.8 Å². The van der Waals surface area contributed by atoms with Crippen LogP contribution in [0.1, 0.15) is 41.5 Å². The third kappa shape index (κ3) is 6.27. The van der Waals surface area contributed by atoms with Crippen LogP contribution in [-0.2, 0) is 11.3 Å². The van der Waals surface area contributed by atoms with Crippen LogP contribution >= 0.6 is 0 Å². The second-order valence-corrected chi connectivity index (χ2v) is 7.44. The smallest absolute Gasteiger partial charge is 0.302 e. The van der Waals surface area contributed by atoms with Gasteiger partial charge in [0, 0.05) is 30.4 Å². The highest BCUT2D eigenvalue weighted by Gasteiger charge is 2.31. The largest absolute Gasteiger partial charge is 0.471 e. The van der Waals surface area contributed by atoms with Gasteiger partial charge in [-0.25, -0.2) is 15.0 Å². The molecule has 31 heavy (non-hydrogen) atoms. The Morgan fingerprint density at radius 2 is 2.03 bits per heavy atom. The van der Waals surface area contributed by atoms with E-state index in [1.54, 1.807) is 13.0 Å². The lowest BCUT2D eigenvalue weighted by atomic mass is 10.2. The molecule has 2 heterocycles. The number of alkyl halides is 2. The second-order valence-electron chi connectivity index (χ2n) is 7.44. The van der Waals surface area contributed by atoms with Crippen molar-refractivity contribution in [2.75, 3.05) is 11.9 Å². The predicted molar refractivity (Wildman–Crippen MR) is 109 cm³/mol. The second kappa shape index (κ2) is 9.15. The van der Waals surface area contributed by atoms with Crippen LogP contribution in [0.15, 0.2) is 36.5 Å². The molecule has 3 rings (SSSR count). The van der Waals surface area contributed by atoms with E-state index in [-0.39, 0.29) is 41.5 Å². The number of carbonyl (C=O) groups is 2. The van der Waals surface area contributed by atoms with E-state index in [2.05, 4.69) is 32.2 Å². The Hall–Kier alpha value is -3.43. The van der Waals surface area contributed by atoms with Gasteiger partial charge in [-0.1, -0.05) is 12.6 Å². The van der Waals surface area contributed by atoms with E-state index >= 15 is 0 Å². The molecule has 2 aromatic rings. The number of aryl methyl sites for hydroxylation is 1. The van der Waals surface area contributed by atoms with Crippen LogP contribution in [0.2, 0.25) is 0 Å². The number of hydrogen-bond acceptors (Lipinski definition) is 6. The standard InChI is InChI=1S/C21H23F2N5O3/c1-12(2)21(22,23)11-31-17-7-4-14(9-24-17)10-25-19(30)16-8-13(3)26-20(27-16)28-18(29)15-5-6-15/h4,7-9,15H,1,5-6,10-11H2,2-3H3,(H,25,30)(H,26,27,28,29). The average Bonchev–Trinajstić information content (AvgIpc) is 3.56. The van der Waals surface area contributed by atoms with E-state index in [1.165, 1.54) is 25.3 Å². The van der Waals surface area contributed by atoms with Gasteiger partial charge in [-0.3, -0.25) is 14.9 Å². The Balaban J connectivity index is 1.55. The summed E-state index contributed by atoms with van der Waals surface area (Å²) in [6.45, 7) is 5.45. The lowest BCUT2D eigenvalue weighted by Crippen LogP contribution is -2.27. The molecule has 1 aliphatic carbocycles. The molecular formula is C21H23F2N5O3. The number of carbonyl (C=O) groups excluding carboxylic acids is 2. The Kier molecular flexibility index (Phi) is 6.57. The number of halogens is 2. The van der Waals surface area contributed by atoms with Gasteiger partial charge in [0.1, 0.15) is 5.69 Å². The van der Waals surface area contributed by atoms with Crippen molar-refractivity contribution >= 4 is 17.8 Å². The Bertz CT molecular complexity index is 991. The monoisotopic (exact) mass is 431 g/mol. The van der Waals surface area contributed by atoms with Crippen molar-refractivity contribution in [3.63, 3.8) is 0 Å². The van der Waals surface area contributed by atoms with Gasteiger partial charge in [-0.05, 0) is 43.9 Å². The summed E-state index contributed by atoms with van der Waals surface area (Å²) in [5.74, 6) is -3.61. The third-order valence-corrected chi connectivity index (χ3v) is 4.55. The Labute approximate surface area is 178 Å².